The Kier molecular flexibility index (Phi) is 3.04. The van der Waals surface area contributed by atoms with Crippen molar-refractivity contribution < 1.29 is 28.2 Å². The number of alkyl halides is 3. The van der Waals surface area contributed by atoms with E-state index >= 15 is 0 Å². The first-order chi connectivity index (χ1) is 9.23. The average molecular weight is 287 g/mol. The van der Waals surface area contributed by atoms with Gasteiger partial charge in [-0.1, -0.05) is 18.2 Å². The minimum atomic E-state index is -4.96. The first kappa shape index (κ1) is 13.7. The molecule has 9 heteroatoms. The topological polar surface area (TPSA) is 101 Å². The highest BCUT2D eigenvalue weighted by atomic mass is 19.4. The fourth-order valence-electron chi connectivity index (χ4n) is 1.72. The average Bonchev–Trinajstić information content (AvgIpc) is 2.67. The van der Waals surface area contributed by atoms with E-state index in [4.69, 9.17) is 10.8 Å². The number of nitrogen functional groups attached to an aromatic ring is 1. The molecule has 2 aromatic rings. The van der Waals surface area contributed by atoms with Gasteiger partial charge in [0.15, 0.2) is 5.69 Å². The molecule has 0 unspecified atom stereocenters. The molecule has 6 nitrogen and oxygen atoms in total. The van der Waals surface area contributed by atoms with Crippen molar-refractivity contribution in [2.24, 2.45) is 0 Å². The summed E-state index contributed by atoms with van der Waals surface area (Å²) in [7, 11) is 0. The Morgan fingerprint density at radius 1 is 1.30 bits per heavy atom. The Morgan fingerprint density at radius 2 is 1.90 bits per heavy atom. The molecule has 0 saturated heterocycles. The Hall–Kier alpha value is -2.71. The molecule has 0 saturated carbocycles. The number of carboxylic acids is 1. The molecule has 2 rings (SSSR count). The highest BCUT2D eigenvalue weighted by Gasteiger charge is 2.38. The predicted octanol–water partition coefficient (Wildman–Crippen LogP) is 2.01. The van der Waals surface area contributed by atoms with Crippen LogP contribution in [0.25, 0.3) is 11.1 Å². The van der Waals surface area contributed by atoms with Crippen LogP contribution in [0.3, 0.4) is 0 Å². The molecule has 20 heavy (non-hydrogen) atoms. The van der Waals surface area contributed by atoms with Crippen LogP contribution in [-0.4, -0.2) is 26.0 Å². The van der Waals surface area contributed by atoms with Gasteiger partial charge in [0.25, 0.3) is 0 Å². The summed E-state index contributed by atoms with van der Waals surface area (Å²) in [6.45, 7) is 0. The molecular weight excluding hydrogens is 279 g/mol. The van der Waals surface area contributed by atoms with Crippen molar-refractivity contribution in [2.45, 2.75) is 6.30 Å². The van der Waals surface area contributed by atoms with Gasteiger partial charge >= 0.3 is 12.3 Å². The number of phenols is 1. The van der Waals surface area contributed by atoms with E-state index in [-0.39, 0.29) is 5.56 Å². The summed E-state index contributed by atoms with van der Waals surface area (Å²) in [5, 5.41) is 21.5. The van der Waals surface area contributed by atoms with Gasteiger partial charge in [-0.15, -0.1) is 13.2 Å². The van der Waals surface area contributed by atoms with Gasteiger partial charge in [-0.2, -0.15) is 9.78 Å². The zero-order chi connectivity index (χ0) is 15.1. The number of aromatic nitrogens is 2. The molecular formula is C11H8F3N3O3. The molecule has 0 bridgehead atoms. The second kappa shape index (κ2) is 4.44. The molecule has 0 radical (unpaired) electrons. The van der Waals surface area contributed by atoms with E-state index in [0.717, 1.165) is 0 Å². The monoisotopic (exact) mass is 287 g/mol. The van der Waals surface area contributed by atoms with Crippen LogP contribution in [0.15, 0.2) is 24.3 Å². The van der Waals surface area contributed by atoms with Crippen LogP contribution in [-0.2, 0) is 6.30 Å². The molecule has 1 aromatic carbocycles. The predicted molar refractivity (Wildman–Crippen MR) is 62.0 cm³/mol. The Balaban J connectivity index is 2.79. The summed E-state index contributed by atoms with van der Waals surface area (Å²) < 4.78 is 37.5. The molecule has 0 aliphatic heterocycles. The van der Waals surface area contributed by atoms with E-state index in [1.54, 1.807) is 0 Å². The number of para-hydroxylation sites is 1. The summed E-state index contributed by atoms with van der Waals surface area (Å²) in [4.78, 5) is 11.0. The highest BCUT2D eigenvalue weighted by Crippen LogP contribution is 2.38. The summed E-state index contributed by atoms with van der Waals surface area (Å²) in [6, 6.07) is 5.30. The summed E-state index contributed by atoms with van der Waals surface area (Å²) >= 11 is 0. The van der Waals surface area contributed by atoms with Crippen molar-refractivity contribution in [3.8, 4) is 16.9 Å². The largest absolute Gasteiger partial charge is 0.507 e. The number of aromatic carboxylic acids is 1. The zero-order valence-corrected chi connectivity index (χ0v) is 9.72. The maximum Gasteiger partial charge on any atom is 0.506 e. The van der Waals surface area contributed by atoms with Gasteiger partial charge in [-0.3, -0.25) is 0 Å². The van der Waals surface area contributed by atoms with Crippen LogP contribution >= 0.6 is 0 Å². The third-order valence-corrected chi connectivity index (χ3v) is 2.54. The third kappa shape index (κ3) is 2.13. The van der Waals surface area contributed by atoms with Crippen LogP contribution in [0.1, 0.15) is 10.5 Å². The highest BCUT2D eigenvalue weighted by molar-refractivity contribution is 5.98. The second-order valence-corrected chi connectivity index (χ2v) is 3.81. The number of nitrogens with two attached hydrogens (primary N) is 1. The number of hydrogen-bond donors (Lipinski definition) is 3. The number of carboxylic acid groups (broad SMARTS) is 1. The minimum Gasteiger partial charge on any atom is -0.507 e. The molecule has 0 fully saturated rings. The normalized spacial score (nSPS) is 11.6. The summed E-state index contributed by atoms with van der Waals surface area (Å²) in [6.07, 6.45) is -4.96. The van der Waals surface area contributed by atoms with Crippen molar-refractivity contribution >= 4 is 11.8 Å². The Morgan fingerprint density at radius 3 is 2.40 bits per heavy atom. The number of hydrogen-bond acceptors (Lipinski definition) is 4. The first-order valence-corrected chi connectivity index (χ1v) is 5.21. The molecule has 0 spiro atoms. The van der Waals surface area contributed by atoms with Gasteiger partial charge in [0.05, 0.1) is 5.56 Å². The SMILES string of the molecule is Nc1c(-c2ccccc2O)c(C(=O)O)nn1C(F)(F)F. The minimum absolute atomic E-state index is 0.141. The lowest BCUT2D eigenvalue weighted by atomic mass is 10.0. The fourth-order valence-corrected chi connectivity index (χ4v) is 1.72. The Bertz CT molecular complexity index is 679. The third-order valence-electron chi connectivity index (χ3n) is 2.54. The van der Waals surface area contributed by atoms with E-state index in [9.17, 15) is 23.1 Å². The van der Waals surface area contributed by atoms with Crippen molar-refractivity contribution in [3.63, 3.8) is 0 Å². The van der Waals surface area contributed by atoms with Gasteiger partial charge in [0.2, 0.25) is 0 Å². The van der Waals surface area contributed by atoms with Crippen LogP contribution < -0.4 is 5.73 Å². The molecule has 106 valence electrons. The number of benzene rings is 1. The molecule has 0 aliphatic rings. The fraction of sp³-hybridized carbons (Fsp3) is 0.0909. The number of halogens is 3. The number of aromatic hydroxyl groups is 1. The van der Waals surface area contributed by atoms with Gasteiger partial charge < -0.3 is 15.9 Å². The van der Waals surface area contributed by atoms with Crippen molar-refractivity contribution in [2.75, 3.05) is 5.73 Å². The van der Waals surface area contributed by atoms with E-state index in [1.165, 1.54) is 24.3 Å². The number of rotatable bonds is 2. The van der Waals surface area contributed by atoms with Gasteiger partial charge in [0.1, 0.15) is 11.6 Å². The van der Waals surface area contributed by atoms with Crippen molar-refractivity contribution in [3.05, 3.63) is 30.0 Å². The van der Waals surface area contributed by atoms with E-state index < -0.39 is 39.8 Å². The lowest BCUT2D eigenvalue weighted by Gasteiger charge is -2.08. The molecule has 0 amide bonds. The van der Waals surface area contributed by atoms with Crippen molar-refractivity contribution in [1.82, 2.24) is 9.78 Å². The number of anilines is 1. The van der Waals surface area contributed by atoms with Crippen LogP contribution in [0.5, 0.6) is 5.75 Å². The smallest absolute Gasteiger partial charge is 0.506 e. The lowest BCUT2D eigenvalue weighted by Crippen LogP contribution is -2.20. The van der Waals surface area contributed by atoms with E-state index in [1.807, 2.05) is 0 Å². The second-order valence-electron chi connectivity index (χ2n) is 3.81. The maximum absolute atomic E-state index is 12.7. The van der Waals surface area contributed by atoms with Gasteiger partial charge in [-0.25, -0.2) is 4.79 Å². The molecule has 1 heterocycles. The first-order valence-electron chi connectivity index (χ1n) is 5.21. The molecule has 1 aromatic heterocycles. The van der Waals surface area contributed by atoms with Crippen LogP contribution in [0.2, 0.25) is 0 Å². The Labute approximate surface area is 109 Å². The maximum atomic E-state index is 12.7. The van der Waals surface area contributed by atoms with E-state index in [2.05, 4.69) is 5.10 Å². The number of nitrogens with zero attached hydrogens (tertiary/aromatic N) is 2. The van der Waals surface area contributed by atoms with Crippen molar-refractivity contribution in [1.29, 1.82) is 0 Å². The molecule has 4 N–H and O–H groups in total. The summed E-state index contributed by atoms with van der Waals surface area (Å²) in [5.74, 6) is -2.99. The van der Waals surface area contributed by atoms with Crippen LogP contribution in [0.4, 0.5) is 19.0 Å². The quantitative estimate of drug-likeness (QED) is 0.784. The van der Waals surface area contributed by atoms with E-state index in [0.29, 0.717) is 0 Å². The van der Waals surface area contributed by atoms with Crippen LogP contribution in [0, 0.1) is 0 Å². The van der Waals surface area contributed by atoms with Gasteiger partial charge in [0, 0.05) is 5.56 Å². The lowest BCUT2D eigenvalue weighted by molar-refractivity contribution is -0.210. The molecule has 0 aliphatic carbocycles. The number of phenolic OH excluding ortho intramolecular Hbond substituents is 1. The molecule has 0 atom stereocenters. The summed E-state index contributed by atoms with van der Waals surface area (Å²) in [5.41, 5.74) is 3.83. The standard InChI is InChI=1S/C11H8F3N3O3/c12-11(13,14)17-9(15)7(8(16-17)10(19)20)5-3-1-2-4-6(5)18/h1-4,18H,15H2,(H,19,20). The zero-order valence-electron chi connectivity index (χ0n) is 9.72. The van der Waals surface area contributed by atoms with Gasteiger partial charge in [-0.05, 0) is 6.07 Å². The number of carbonyl (C=O) groups is 1.